The van der Waals surface area contributed by atoms with Gasteiger partial charge in [-0.1, -0.05) is 0 Å². The topological polar surface area (TPSA) is 55.8 Å². The highest BCUT2D eigenvalue weighted by molar-refractivity contribution is 5.85. The number of hydrogen-bond donors (Lipinski definition) is 1. The molecule has 4 atom stereocenters. The molecular weight excluding hydrogens is 340 g/mol. The van der Waals surface area contributed by atoms with Gasteiger partial charge < -0.3 is 14.6 Å². The first-order valence-electron chi connectivity index (χ1n) is 11.5. The summed E-state index contributed by atoms with van der Waals surface area (Å²) >= 11 is 0. The molecule has 0 aromatic heterocycles. The maximum atomic E-state index is 13.4. The van der Waals surface area contributed by atoms with Crippen LogP contribution in [-0.4, -0.2) is 36.0 Å². The molecule has 1 spiro atoms. The van der Waals surface area contributed by atoms with Gasteiger partial charge >= 0.3 is 0 Å². The minimum absolute atomic E-state index is 0.0201. The third-order valence-corrected chi connectivity index (χ3v) is 9.46. The quantitative estimate of drug-likeness (QED) is 0.815. The van der Waals surface area contributed by atoms with Crippen molar-refractivity contribution >= 4 is 5.78 Å². The second kappa shape index (κ2) is 6.03. The zero-order chi connectivity index (χ0) is 18.2. The van der Waals surface area contributed by atoms with Gasteiger partial charge in [-0.3, -0.25) is 4.79 Å². The van der Waals surface area contributed by atoms with Crippen LogP contribution in [0, 0.1) is 40.9 Å². The summed E-state index contributed by atoms with van der Waals surface area (Å²) in [5.74, 6) is 3.91. The molecule has 0 aromatic carbocycles. The lowest BCUT2D eigenvalue weighted by Gasteiger charge is -2.56. The summed E-state index contributed by atoms with van der Waals surface area (Å²) in [4.78, 5) is 13.4. The van der Waals surface area contributed by atoms with Crippen LogP contribution in [-0.2, 0) is 14.3 Å². The van der Waals surface area contributed by atoms with Crippen LogP contribution in [0.3, 0.4) is 0 Å². The monoisotopic (exact) mass is 374 g/mol. The number of ether oxygens (including phenoxy) is 2. The molecule has 0 unspecified atom stereocenters. The smallest absolute Gasteiger partial charge is 0.169 e. The fourth-order valence-corrected chi connectivity index (χ4v) is 8.84. The van der Waals surface area contributed by atoms with Gasteiger partial charge in [-0.25, -0.2) is 0 Å². The summed E-state index contributed by atoms with van der Waals surface area (Å²) in [6.07, 6.45) is 11.7. The number of aliphatic hydroxyl groups excluding tert-OH is 1. The third kappa shape index (κ3) is 2.69. The molecule has 6 aliphatic carbocycles. The van der Waals surface area contributed by atoms with Crippen LogP contribution in [0.15, 0.2) is 0 Å². The maximum Gasteiger partial charge on any atom is 0.169 e. The van der Waals surface area contributed by atoms with Crippen molar-refractivity contribution in [1.29, 1.82) is 0 Å². The summed E-state index contributed by atoms with van der Waals surface area (Å²) in [6.45, 7) is 1.41. The molecule has 1 aliphatic heterocycles. The Morgan fingerprint density at radius 1 is 0.889 bits per heavy atom. The number of hydrogen-bond acceptors (Lipinski definition) is 4. The normalized spacial score (nSPS) is 52.0. The van der Waals surface area contributed by atoms with E-state index < -0.39 is 0 Å². The maximum absolute atomic E-state index is 13.4. The molecule has 0 radical (unpaired) electrons. The fourth-order valence-electron chi connectivity index (χ4n) is 8.84. The molecule has 1 N–H and O–H groups in total. The molecule has 1 saturated heterocycles. The van der Waals surface area contributed by atoms with Gasteiger partial charge in [0.1, 0.15) is 5.78 Å². The molecule has 7 fully saturated rings. The van der Waals surface area contributed by atoms with E-state index in [1.54, 1.807) is 0 Å². The second-order valence-corrected chi connectivity index (χ2v) is 11.1. The Bertz CT molecular complexity index is 587. The summed E-state index contributed by atoms with van der Waals surface area (Å²) < 4.78 is 11.9. The highest BCUT2D eigenvalue weighted by Gasteiger charge is 2.57. The lowest BCUT2D eigenvalue weighted by Crippen LogP contribution is -2.50. The predicted octanol–water partition coefficient (Wildman–Crippen LogP) is 3.70. The van der Waals surface area contributed by atoms with Crippen LogP contribution in [0.5, 0.6) is 0 Å². The highest BCUT2D eigenvalue weighted by atomic mass is 16.7. The van der Waals surface area contributed by atoms with Crippen molar-refractivity contribution in [3.63, 3.8) is 0 Å². The predicted molar refractivity (Wildman–Crippen MR) is 99.8 cm³/mol. The zero-order valence-corrected chi connectivity index (χ0v) is 16.4. The van der Waals surface area contributed by atoms with Crippen molar-refractivity contribution in [2.75, 3.05) is 13.2 Å². The van der Waals surface area contributed by atoms with Gasteiger partial charge in [-0.2, -0.15) is 0 Å². The molecule has 6 saturated carbocycles. The Balaban J connectivity index is 1.12. The van der Waals surface area contributed by atoms with E-state index in [4.69, 9.17) is 9.47 Å². The van der Waals surface area contributed by atoms with Crippen LogP contribution in [0.25, 0.3) is 0 Å². The first-order chi connectivity index (χ1) is 13.0. The van der Waals surface area contributed by atoms with E-state index in [-0.39, 0.29) is 23.2 Å². The zero-order valence-electron chi connectivity index (χ0n) is 16.4. The van der Waals surface area contributed by atoms with Gasteiger partial charge in [0.25, 0.3) is 0 Å². The SMILES string of the molecule is O=C(CC[C@H]1[C@@H]2CC3(C[C@@H]2C[C@H]1O)OCCO3)C12CC3CC(CC(C3)C1)C2. The Kier molecular flexibility index (Phi) is 3.89. The van der Waals surface area contributed by atoms with E-state index >= 15 is 0 Å². The first kappa shape index (κ1) is 17.4. The van der Waals surface area contributed by atoms with Crippen LogP contribution in [0.4, 0.5) is 0 Å². The Labute approximate surface area is 162 Å². The van der Waals surface area contributed by atoms with Gasteiger partial charge in [-0.15, -0.1) is 0 Å². The van der Waals surface area contributed by atoms with E-state index in [2.05, 4.69) is 0 Å². The van der Waals surface area contributed by atoms with E-state index in [1.165, 1.54) is 38.5 Å². The Morgan fingerprint density at radius 2 is 1.52 bits per heavy atom. The second-order valence-electron chi connectivity index (χ2n) is 11.1. The molecule has 7 rings (SSSR count). The van der Waals surface area contributed by atoms with Crippen molar-refractivity contribution in [1.82, 2.24) is 0 Å². The van der Waals surface area contributed by atoms with Crippen molar-refractivity contribution in [3.05, 3.63) is 0 Å². The van der Waals surface area contributed by atoms with Crippen molar-refractivity contribution < 1.29 is 19.4 Å². The molecule has 0 aromatic rings. The molecule has 27 heavy (non-hydrogen) atoms. The van der Waals surface area contributed by atoms with Crippen molar-refractivity contribution in [3.8, 4) is 0 Å². The Morgan fingerprint density at radius 3 is 2.15 bits per heavy atom. The average Bonchev–Trinajstić information content (AvgIpc) is 3.28. The van der Waals surface area contributed by atoms with E-state index in [1.807, 2.05) is 0 Å². The Hall–Kier alpha value is -0.450. The van der Waals surface area contributed by atoms with Crippen LogP contribution < -0.4 is 0 Å². The molecule has 4 nitrogen and oxygen atoms in total. The first-order valence-corrected chi connectivity index (χ1v) is 11.5. The van der Waals surface area contributed by atoms with Crippen LogP contribution in [0.2, 0.25) is 0 Å². The van der Waals surface area contributed by atoms with E-state index in [9.17, 15) is 9.90 Å². The lowest BCUT2D eigenvalue weighted by atomic mass is 9.48. The number of Topliss-reactive ketones (excluding diaryl/α,β-unsaturated/α-hetero) is 1. The van der Waals surface area contributed by atoms with Crippen LogP contribution in [0.1, 0.15) is 70.6 Å². The molecule has 4 bridgehead atoms. The lowest BCUT2D eigenvalue weighted by molar-refractivity contribution is -0.158. The van der Waals surface area contributed by atoms with E-state index in [0.717, 1.165) is 43.4 Å². The minimum Gasteiger partial charge on any atom is -0.393 e. The number of carbonyl (C=O) groups is 1. The largest absolute Gasteiger partial charge is 0.393 e. The fraction of sp³-hybridized carbons (Fsp3) is 0.957. The van der Waals surface area contributed by atoms with Gasteiger partial charge in [0, 0.05) is 24.7 Å². The average molecular weight is 375 g/mol. The summed E-state index contributed by atoms with van der Waals surface area (Å²) in [6, 6.07) is 0. The molecular formula is C23H34O4. The molecule has 4 heteroatoms. The summed E-state index contributed by atoms with van der Waals surface area (Å²) in [7, 11) is 0. The van der Waals surface area contributed by atoms with Gasteiger partial charge in [0.2, 0.25) is 0 Å². The minimum atomic E-state index is -0.363. The van der Waals surface area contributed by atoms with E-state index in [0.29, 0.717) is 37.3 Å². The number of fused-ring (bicyclic) bond motifs is 1. The van der Waals surface area contributed by atoms with Crippen LogP contribution >= 0.6 is 0 Å². The molecule has 150 valence electrons. The molecule has 7 aliphatic rings. The number of ketones is 1. The number of aliphatic hydroxyl groups is 1. The summed E-state index contributed by atoms with van der Waals surface area (Å²) in [5, 5.41) is 10.7. The van der Waals surface area contributed by atoms with Gasteiger partial charge in [0.15, 0.2) is 5.79 Å². The highest BCUT2D eigenvalue weighted by Crippen LogP contribution is 2.61. The van der Waals surface area contributed by atoms with Crippen molar-refractivity contribution in [2.45, 2.75) is 82.5 Å². The number of carbonyl (C=O) groups excluding carboxylic acids is 1. The number of rotatable bonds is 4. The third-order valence-electron chi connectivity index (χ3n) is 9.46. The molecule has 0 amide bonds. The standard InChI is InChI=1S/C23H34O4/c24-20-8-17-12-23(26-3-4-27-23)13-19(17)18(20)1-2-21(25)22-9-14-5-15(10-22)7-16(6-14)11-22/h14-20,24H,1-13H2/t14?,15?,16?,17-,18-,19+,20+,22?/m0/s1. The molecule has 1 heterocycles. The van der Waals surface area contributed by atoms with Gasteiger partial charge in [0.05, 0.1) is 19.3 Å². The van der Waals surface area contributed by atoms with Crippen molar-refractivity contribution in [2.24, 2.45) is 40.9 Å². The summed E-state index contributed by atoms with van der Waals surface area (Å²) in [5.41, 5.74) is 0.0201. The van der Waals surface area contributed by atoms with Gasteiger partial charge in [-0.05, 0) is 86.9 Å².